The predicted molar refractivity (Wildman–Crippen MR) is 80.6 cm³/mol. The minimum atomic E-state index is 0.0893. The van der Waals surface area contributed by atoms with E-state index in [9.17, 15) is 0 Å². The van der Waals surface area contributed by atoms with Gasteiger partial charge < -0.3 is 14.9 Å². The number of rotatable bonds is 5. The number of nitrogens with zero attached hydrogens (tertiary/aromatic N) is 1. The van der Waals surface area contributed by atoms with E-state index in [0.717, 1.165) is 37.5 Å². The Bertz CT molecular complexity index is 418. The largest absolute Gasteiger partial charge is 0.465 e. The van der Waals surface area contributed by atoms with E-state index < -0.39 is 0 Å². The second kappa shape index (κ2) is 6.74. The molecule has 2 N–H and O–H groups in total. The van der Waals surface area contributed by atoms with Gasteiger partial charge in [0.2, 0.25) is 0 Å². The Morgan fingerprint density at radius 1 is 1.50 bits per heavy atom. The summed E-state index contributed by atoms with van der Waals surface area (Å²) in [5, 5.41) is 0. The quantitative estimate of drug-likeness (QED) is 0.901. The van der Waals surface area contributed by atoms with Crippen molar-refractivity contribution in [3.63, 3.8) is 0 Å². The minimum Gasteiger partial charge on any atom is -0.465 e. The summed E-state index contributed by atoms with van der Waals surface area (Å²) in [7, 11) is 1.80. The van der Waals surface area contributed by atoms with Gasteiger partial charge in [-0.2, -0.15) is 0 Å². The summed E-state index contributed by atoms with van der Waals surface area (Å²) in [5.74, 6) is 2.54. The van der Waals surface area contributed by atoms with Crippen molar-refractivity contribution in [1.82, 2.24) is 4.90 Å². The average Bonchev–Trinajstić information content (AvgIpc) is 2.86. The van der Waals surface area contributed by atoms with E-state index in [2.05, 4.69) is 24.8 Å². The Morgan fingerprint density at radius 2 is 2.25 bits per heavy atom. The van der Waals surface area contributed by atoms with E-state index in [0.29, 0.717) is 5.92 Å². The second-order valence-corrected chi connectivity index (χ2v) is 6.00. The van der Waals surface area contributed by atoms with E-state index in [4.69, 9.17) is 14.9 Å². The summed E-state index contributed by atoms with van der Waals surface area (Å²) in [4.78, 5) is 2.43. The van der Waals surface area contributed by atoms with Crippen molar-refractivity contribution in [2.24, 2.45) is 11.7 Å². The monoisotopic (exact) mass is 280 g/mol. The molecule has 4 nitrogen and oxygen atoms in total. The Hall–Kier alpha value is -0.840. The molecule has 2 heterocycles. The van der Waals surface area contributed by atoms with E-state index in [-0.39, 0.29) is 18.2 Å². The third kappa shape index (κ3) is 3.25. The number of ether oxygens (including phenoxy) is 1. The normalized spacial score (nSPS) is 27.4. The molecule has 0 saturated carbocycles. The van der Waals surface area contributed by atoms with Gasteiger partial charge in [-0.1, -0.05) is 13.8 Å². The molecule has 1 fully saturated rings. The van der Waals surface area contributed by atoms with Crippen LogP contribution in [0.15, 0.2) is 16.5 Å². The number of furan rings is 1. The Labute approximate surface area is 122 Å². The van der Waals surface area contributed by atoms with Gasteiger partial charge in [0.25, 0.3) is 0 Å². The van der Waals surface area contributed by atoms with Crippen molar-refractivity contribution in [3.05, 3.63) is 23.7 Å². The number of hydrogen-bond donors (Lipinski definition) is 1. The molecule has 4 unspecified atom stereocenters. The number of hydrogen-bond acceptors (Lipinski definition) is 4. The molecule has 1 aliphatic rings. The highest BCUT2D eigenvalue weighted by molar-refractivity contribution is 5.12. The minimum absolute atomic E-state index is 0.0893. The molecule has 4 atom stereocenters. The predicted octanol–water partition coefficient (Wildman–Crippen LogP) is 2.72. The van der Waals surface area contributed by atoms with Gasteiger partial charge in [-0.3, -0.25) is 4.90 Å². The zero-order valence-corrected chi connectivity index (χ0v) is 13.1. The maximum absolute atomic E-state index is 6.37. The fourth-order valence-corrected chi connectivity index (χ4v) is 3.11. The van der Waals surface area contributed by atoms with Crippen LogP contribution in [0.2, 0.25) is 0 Å². The van der Waals surface area contributed by atoms with Crippen LogP contribution in [0.1, 0.15) is 44.3 Å². The molecular formula is C16H28N2O2. The fourth-order valence-electron chi connectivity index (χ4n) is 3.11. The topological polar surface area (TPSA) is 51.6 Å². The molecule has 20 heavy (non-hydrogen) atoms. The molecule has 0 radical (unpaired) electrons. The van der Waals surface area contributed by atoms with Gasteiger partial charge in [-0.15, -0.1) is 0 Å². The first-order valence-electron chi connectivity index (χ1n) is 7.65. The molecule has 0 aromatic carbocycles. The Morgan fingerprint density at radius 3 is 2.80 bits per heavy atom. The molecule has 4 heteroatoms. The van der Waals surface area contributed by atoms with Gasteiger partial charge in [0.05, 0.1) is 12.1 Å². The van der Waals surface area contributed by atoms with Gasteiger partial charge in [0.1, 0.15) is 11.5 Å². The summed E-state index contributed by atoms with van der Waals surface area (Å²) in [5.41, 5.74) is 6.37. The lowest BCUT2D eigenvalue weighted by Gasteiger charge is -2.41. The summed E-state index contributed by atoms with van der Waals surface area (Å²) in [6.07, 6.45) is 2.37. The van der Waals surface area contributed by atoms with Crippen molar-refractivity contribution in [2.45, 2.75) is 51.8 Å². The van der Waals surface area contributed by atoms with Crippen LogP contribution in [0, 0.1) is 12.8 Å². The van der Waals surface area contributed by atoms with Crippen LogP contribution in [-0.2, 0) is 4.74 Å². The summed E-state index contributed by atoms with van der Waals surface area (Å²) < 4.78 is 11.5. The molecule has 114 valence electrons. The number of likely N-dealkylation sites (tertiary alicyclic amines) is 1. The molecule has 1 aromatic heterocycles. The van der Waals surface area contributed by atoms with Gasteiger partial charge in [0, 0.05) is 19.7 Å². The van der Waals surface area contributed by atoms with E-state index in [1.165, 1.54) is 0 Å². The lowest BCUT2D eigenvalue weighted by Crippen LogP contribution is -2.49. The first-order chi connectivity index (χ1) is 9.56. The highest BCUT2D eigenvalue weighted by Crippen LogP contribution is 2.31. The van der Waals surface area contributed by atoms with Crippen molar-refractivity contribution in [1.29, 1.82) is 0 Å². The van der Waals surface area contributed by atoms with Gasteiger partial charge in [-0.05, 0) is 44.4 Å². The molecule has 0 aliphatic carbocycles. The molecule has 1 saturated heterocycles. The van der Waals surface area contributed by atoms with Crippen molar-refractivity contribution < 1.29 is 9.15 Å². The van der Waals surface area contributed by atoms with Crippen molar-refractivity contribution in [2.75, 3.05) is 20.2 Å². The number of methoxy groups -OCH3 is 1. The van der Waals surface area contributed by atoms with Gasteiger partial charge in [-0.25, -0.2) is 0 Å². The molecule has 1 aromatic rings. The van der Waals surface area contributed by atoms with Gasteiger partial charge in [0.15, 0.2) is 0 Å². The smallest absolute Gasteiger partial charge is 0.122 e. The molecule has 0 bridgehead atoms. The first kappa shape index (κ1) is 15.5. The third-order valence-corrected chi connectivity index (χ3v) is 4.55. The molecule has 1 aliphatic heterocycles. The highest BCUT2D eigenvalue weighted by Gasteiger charge is 2.34. The van der Waals surface area contributed by atoms with Crippen molar-refractivity contribution >= 4 is 0 Å². The summed E-state index contributed by atoms with van der Waals surface area (Å²) >= 11 is 0. The van der Waals surface area contributed by atoms with Gasteiger partial charge >= 0.3 is 0 Å². The lowest BCUT2D eigenvalue weighted by molar-refractivity contribution is -0.0267. The maximum atomic E-state index is 6.37. The summed E-state index contributed by atoms with van der Waals surface area (Å²) in [6.45, 7) is 8.36. The SMILES string of the molecule is CCC(N)C(c1ccc(C)o1)N1CCC(C)C(OC)C1. The number of nitrogens with two attached hydrogens (primary N) is 1. The summed E-state index contributed by atoms with van der Waals surface area (Å²) in [6, 6.07) is 4.32. The first-order valence-corrected chi connectivity index (χ1v) is 7.65. The lowest BCUT2D eigenvalue weighted by atomic mass is 9.92. The highest BCUT2D eigenvalue weighted by atomic mass is 16.5. The van der Waals surface area contributed by atoms with Crippen LogP contribution in [0.4, 0.5) is 0 Å². The molecule has 0 amide bonds. The average molecular weight is 280 g/mol. The van der Waals surface area contributed by atoms with Crippen LogP contribution in [0.25, 0.3) is 0 Å². The molecule has 2 rings (SSSR count). The molecular weight excluding hydrogens is 252 g/mol. The van der Waals surface area contributed by atoms with E-state index in [1.54, 1.807) is 7.11 Å². The number of piperidine rings is 1. The van der Waals surface area contributed by atoms with Crippen molar-refractivity contribution in [3.8, 4) is 0 Å². The Balaban J connectivity index is 2.19. The molecule has 0 spiro atoms. The second-order valence-electron chi connectivity index (χ2n) is 6.00. The fraction of sp³-hybridized carbons (Fsp3) is 0.750. The van der Waals surface area contributed by atoms with E-state index >= 15 is 0 Å². The number of aryl methyl sites for hydroxylation is 1. The maximum Gasteiger partial charge on any atom is 0.122 e. The van der Waals surface area contributed by atoms with Crippen LogP contribution < -0.4 is 5.73 Å². The zero-order valence-electron chi connectivity index (χ0n) is 13.1. The van der Waals surface area contributed by atoms with E-state index in [1.807, 2.05) is 13.0 Å². The van der Waals surface area contributed by atoms with Crippen LogP contribution in [0.3, 0.4) is 0 Å². The standard InChI is InChI=1S/C16H28N2O2/c1-5-13(17)16(14-7-6-12(3)20-14)18-9-8-11(2)15(10-18)19-4/h6-7,11,13,15-16H,5,8-10,17H2,1-4H3. The Kier molecular flexibility index (Phi) is 5.24. The zero-order chi connectivity index (χ0) is 14.7. The van der Waals surface area contributed by atoms with Crippen LogP contribution in [0.5, 0.6) is 0 Å². The van der Waals surface area contributed by atoms with Crippen LogP contribution >= 0.6 is 0 Å². The van der Waals surface area contributed by atoms with Crippen LogP contribution in [-0.4, -0.2) is 37.2 Å². The third-order valence-electron chi connectivity index (χ3n) is 4.55.